The average molecular weight is 429 g/mol. The van der Waals surface area contributed by atoms with Crippen molar-refractivity contribution in [2.45, 2.75) is 18.6 Å². The van der Waals surface area contributed by atoms with Gasteiger partial charge in [0.15, 0.2) is 5.17 Å². The number of ether oxygens (including phenoxy) is 1. The minimum Gasteiger partial charge on any atom is -0.462 e. The third-order valence-electron chi connectivity index (χ3n) is 4.30. The van der Waals surface area contributed by atoms with E-state index in [9.17, 15) is 18.8 Å². The van der Waals surface area contributed by atoms with Gasteiger partial charge >= 0.3 is 5.97 Å². The van der Waals surface area contributed by atoms with E-state index in [2.05, 4.69) is 10.3 Å². The van der Waals surface area contributed by atoms with Crippen molar-refractivity contribution >= 4 is 46.1 Å². The molecule has 1 N–H and O–H groups in total. The molecule has 0 bridgehead atoms. The number of hydrogen-bond donors (Lipinski definition) is 1. The molecule has 0 spiro atoms. The molecule has 2 amide bonds. The van der Waals surface area contributed by atoms with Crippen molar-refractivity contribution in [3.63, 3.8) is 0 Å². The number of aliphatic imine (C=N–C) groups is 1. The fraction of sp³-hybridized carbons (Fsp3) is 0.238. The molecule has 1 heterocycles. The third kappa shape index (κ3) is 4.68. The van der Waals surface area contributed by atoms with E-state index in [-0.39, 0.29) is 12.1 Å². The molecule has 0 saturated carbocycles. The van der Waals surface area contributed by atoms with E-state index in [1.165, 1.54) is 18.2 Å². The molecule has 0 unspecified atom stereocenters. The van der Waals surface area contributed by atoms with Gasteiger partial charge in [-0.1, -0.05) is 23.9 Å². The molecule has 156 valence electrons. The summed E-state index contributed by atoms with van der Waals surface area (Å²) in [5.74, 6) is -1.99. The highest BCUT2D eigenvalue weighted by molar-refractivity contribution is 8.15. The van der Waals surface area contributed by atoms with E-state index in [1.807, 2.05) is 0 Å². The van der Waals surface area contributed by atoms with E-state index in [0.717, 1.165) is 16.7 Å². The van der Waals surface area contributed by atoms with Gasteiger partial charge in [0.1, 0.15) is 11.1 Å². The molecule has 1 saturated heterocycles. The van der Waals surface area contributed by atoms with Crippen molar-refractivity contribution in [1.82, 2.24) is 0 Å². The van der Waals surface area contributed by atoms with E-state index < -0.39 is 28.9 Å². The number of anilines is 2. The lowest BCUT2D eigenvalue weighted by atomic mass is 10.2. The Bertz CT molecular complexity index is 994. The van der Waals surface area contributed by atoms with Crippen LogP contribution in [-0.4, -0.2) is 41.9 Å². The van der Waals surface area contributed by atoms with Gasteiger partial charge in [-0.15, -0.1) is 0 Å². The molecule has 1 fully saturated rings. The maximum atomic E-state index is 14.0. The first kappa shape index (κ1) is 21.5. The molecule has 0 radical (unpaired) electrons. The Morgan fingerprint density at radius 3 is 2.57 bits per heavy atom. The lowest BCUT2D eigenvalue weighted by molar-refractivity contribution is -0.121. The lowest BCUT2D eigenvalue weighted by Crippen LogP contribution is -2.32. The quantitative estimate of drug-likeness (QED) is 0.339. The Labute approximate surface area is 177 Å². The van der Waals surface area contributed by atoms with Gasteiger partial charge in [0.05, 0.1) is 17.9 Å². The number of carbonyl (C=O) groups is 3. The third-order valence-corrected chi connectivity index (χ3v) is 5.46. The summed E-state index contributed by atoms with van der Waals surface area (Å²) in [7, 11) is 1.55. The Kier molecular flexibility index (Phi) is 6.83. The van der Waals surface area contributed by atoms with Crippen LogP contribution in [0, 0.1) is 5.82 Å². The van der Waals surface area contributed by atoms with Crippen LogP contribution in [0.25, 0.3) is 0 Å². The van der Waals surface area contributed by atoms with E-state index in [1.54, 1.807) is 44.3 Å². The fourth-order valence-corrected chi connectivity index (χ4v) is 3.87. The van der Waals surface area contributed by atoms with Crippen molar-refractivity contribution in [1.29, 1.82) is 0 Å². The molecule has 1 aliphatic rings. The number of thioether (sulfide) groups is 1. The zero-order valence-corrected chi connectivity index (χ0v) is 17.2. The van der Waals surface area contributed by atoms with Crippen molar-refractivity contribution < 1.29 is 23.5 Å². The van der Waals surface area contributed by atoms with Gasteiger partial charge in [0, 0.05) is 19.2 Å². The molecule has 2 aromatic rings. The van der Waals surface area contributed by atoms with Gasteiger partial charge in [-0.05, 0) is 43.3 Å². The second-order valence-corrected chi connectivity index (χ2v) is 7.47. The van der Waals surface area contributed by atoms with Crippen molar-refractivity contribution in [2.75, 3.05) is 23.9 Å². The largest absolute Gasteiger partial charge is 0.462 e. The molecule has 9 heteroatoms. The van der Waals surface area contributed by atoms with Crippen LogP contribution in [0.4, 0.5) is 15.8 Å². The minimum absolute atomic E-state index is 0.0481. The molecule has 0 aliphatic carbocycles. The summed E-state index contributed by atoms with van der Waals surface area (Å²) in [4.78, 5) is 41.8. The van der Waals surface area contributed by atoms with Crippen molar-refractivity contribution in [3.8, 4) is 0 Å². The highest BCUT2D eigenvalue weighted by atomic mass is 32.2. The van der Waals surface area contributed by atoms with Gasteiger partial charge in [-0.2, -0.15) is 0 Å². The van der Waals surface area contributed by atoms with E-state index in [4.69, 9.17) is 4.74 Å². The zero-order chi connectivity index (χ0) is 21.7. The SMILES string of the molecule is CCOC(=O)c1ccc(NC(=NC)S[C@H]2CC(=O)N(c3ccccc3F)C2=O)cc1. The van der Waals surface area contributed by atoms with Crippen LogP contribution in [0.3, 0.4) is 0 Å². The summed E-state index contributed by atoms with van der Waals surface area (Å²) >= 11 is 1.09. The molecule has 30 heavy (non-hydrogen) atoms. The number of benzene rings is 2. The van der Waals surface area contributed by atoms with Gasteiger partial charge in [0.2, 0.25) is 11.8 Å². The smallest absolute Gasteiger partial charge is 0.338 e. The minimum atomic E-state index is -0.720. The van der Waals surface area contributed by atoms with Crippen LogP contribution in [0.5, 0.6) is 0 Å². The number of amides is 2. The standard InChI is InChI=1S/C21H20FN3O4S/c1-3-29-20(28)13-8-10-14(11-9-13)24-21(23-2)30-17-12-18(26)25(19(17)27)16-7-5-4-6-15(16)22/h4-11,17H,3,12H2,1-2H3,(H,23,24)/t17-/m0/s1. The van der Waals surface area contributed by atoms with Gasteiger partial charge in [-0.3, -0.25) is 14.6 Å². The average Bonchev–Trinajstić information content (AvgIpc) is 3.01. The Balaban J connectivity index is 1.68. The van der Waals surface area contributed by atoms with Crippen LogP contribution in [0.15, 0.2) is 53.5 Å². The summed E-state index contributed by atoms with van der Waals surface area (Å²) in [5, 5.41) is 2.76. The summed E-state index contributed by atoms with van der Waals surface area (Å²) in [6, 6.07) is 12.3. The Morgan fingerprint density at radius 2 is 1.93 bits per heavy atom. The maximum absolute atomic E-state index is 14.0. The number of hydrogen-bond acceptors (Lipinski definition) is 6. The van der Waals surface area contributed by atoms with Crippen LogP contribution in [-0.2, 0) is 14.3 Å². The maximum Gasteiger partial charge on any atom is 0.338 e. The van der Waals surface area contributed by atoms with Crippen LogP contribution in [0.2, 0.25) is 0 Å². The molecule has 2 aromatic carbocycles. The number of amidine groups is 1. The molecule has 7 nitrogen and oxygen atoms in total. The number of carbonyl (C=O) groups excluding carboxylic acids is 3. The number of halogens is 1. The van der Waals surface area contributed by atoms with Crippen LogP contribution >= 0.6 is 11.8 Å². The molecule has 1 aliphatic heterocycles. The molecular formula is C21H20FN3O4S. The van der Waals surface area contributed by atoms with E-state index in [0.29, 0.717) is 23.0 Å². The van der Waals surface area contributed by atoms with Crippen molar-refractivity contribution in [3.05, 3.63) is 59.9 Å². The lowest BCUT2D eigenvalue weighted by Gasteiger charge is -2.16. The molecule has 3 rings (SSSR count). The second-order valence-electron chi connectivity index (χ2n) is 6.28. The molecule has 0 aromatic heterocycles. The summed E-state index contributed by atoms with van der Waals surface area (Å²) < 4.78 is 19.0. The summed E-state index contributed by atoms with van der Waals surface area (Å²) in [6.07, 6.45) is -0.0552. The highest BCUT2D eigenvalue weighted by Crippen LogP contribution is 2.32. The summed E-state index contributed by atoms with van der Waals surface area (Å²) in [5.41, 5.74) is 1.02. The predicted molar refractivity (Wildman–Crippen MR) is 114 cm³/mol. The first-order chi connectivity index (χ1) is 14.4. The van der Waals surface area contributed by atoms with Gasteiger partial charge in [-0.25, -0.2) is 14.1 Å². The van der Waals surface area contributed by atoms with Gasteiger partial charge in [0.25, 0.3) is 0 Å². The summed E-state index contributed by atoms with van der Waals surface area (Å²) in [6.45, 7) is 2.03. The van der Waals surface area contributed by atoms with Crippen molar-refractivity contribution in [2.24, 2.45) is 4.99 Å². The monoisotopic (exact) mass is 429 g/mol. The first-order valence-corrected chi connectivity index (χ1v) is 10.1. The normalized spacial score (nSPS) is 16.7. The van der Waals surface area contributed by atoms with E-state index >= 15 is 0 Å². The molecule has 1 atom stereocenters. The predicted octanol–water partition coefficient (Wildman–Crippen LogP) is 3.47. The van der Waals surface area contributed by atoms with Crippen LogP contribution in [0.1, 0.15) is 23.7 Å². The first-order valence-electron chi connectivity index (χ1n) is 9.23. The highest BCUT2D eigenvalue weighted by Gasteiger charge is 2.41. The number of nitrogens with zero attached hydrogens (tertiary/aromatic N) is 2. The number of esters is 1. The molecular weight excluding hydrogens is 409 g/mol. The number of imide groups is 1. The fourth-order valence-electron chi connectivity index (χ4n) is 2.88. The number of rotatable bonds is 5. The zero-order valence-electron chi connectivity index (χ0n) is 16.4. The van der Waals surface area contributed by atoms with Gasteiger partial charge < -0.3 is 10.1 Å². The number of para-hydroxylation sites is 1. The number of nitrogens with one attached hydrogen (secondary N) is 1. The second kappa shape index (κ2) is 9.53. The Morgan fingerprint density at radius 1 is 1.23 bits per heavy atom. The topological polar surface area (TPSA) is 88.1 Å². The Hall–Kier alpha value is -3.20. The van der Waals surface area contributed by atoms with Crippen LogP contribution < -0.4 is 10.2 Å².